The molecule has 1 aliphatic heterocycles. The number of ketones is 1. The van der Waals surface area contributed by atoms with Crippen molar-refractivity contribution in [2.24, 2.45) is 22.7 Å². The van der Waals surface area contributed by atoms with Crippen molar-refractivity contribution in [3.63, 3.8) is 0 Å². The molecule has 2 saturated carbocycles. The van der Waals surface area contributed by atoms with Crippen LogP contribution in [0.2, 0.25) is 0 Å². The number of rotatable bonds is 7. The van der Waals surface area contributed by atoms with Crippen LogP contribution < -0.4 is 9.64 Å². The second-order valence-electron chi connectivity index (χ2n) is 12.8. The lowest BCUT2D eigenvalue weighted by molar-refractivity contribution is 0.0269. The average Bonchev–Trinajstić information content (AvgIpc) is 3.30. The molecule has 0 radical (unpaired) electrons. The van der Waals surface area contributed by atoms with E-state index in [-0.39, 0.29) is 27.5 Å². The highest BCUT2D eigenvalue weighted by Gasteiger charge is 2.62. The number of nitrogens with zero attached hydrogens (tertiary/aromatic N) is 3. The summed E-state index contributed by atoms with van der Waals surface area (Å²) in [6.07, 6.45) is 5.89. The summed E-state index contributed by atoms with van der Waals surface area (Å²) >= 11 is 0. The Kier molecular flexibility index (Phi) is 6.21. The fourth-order valence-corrected chi connectivity index (χ4v) is 8.37. The maximum atomic E-state index is 13.4. The fourth-order valence-electron chi connectivity index (χ4n) is 7.20. The summed E-state index contributed by atoms with van der Waals surface area (Å²) in [6, 6.07) is 8.14. The van der Waals surface area contributed by atoms with Crippen molar-refractivity contribution >= 4 is 21.4 Å². The van der Waals surface area contributed by atoms with Crippen LogP contribution in [0.25, 0.3) is 0 Å². The quantitative estimate of drug-likeness (QED) is 0.450. The Balaban J connectivity index is 1.36. The molecule has 5 rings (SSSR count). The Hall–Kier alpha value is -2.48. The first-order valence-corrected chi connectivity index (χ1v) is 15.0. The standard InChI is InChI=1S/C29H39N3O4S/c1-19-16-27(2,3)32(17-19)26-21(9-8-14-30-26)22(33)18-37(34,35)25-11-7-10-24(31-25)36-23-15-20-12-13-29(23,6)28(20,4)5/h7-11,14,19-20,23H,12-13,15-18H2,1-6H3. The Morgan fingerprint density at radius 1 is 1.14 bits per heavy atom. The molecule has 4 atom stereocenters. The van der Waals surface area contributed by atoms with Gasteiger partial charge in [0.25, 0.3) is 0 Å². The molecule has 2 aromatic rings. The van der Waals surface area contributed by atoms with Gasteiger partial charge < -0.3 is 9.64 Å². The van der Waals surface area contributed by atoms with Gasteiger partial charge in [0.1, 0.15) is 17.7 Å². The van der Waals surface area contributed by atoms with Gasteiger partial charge in [0.05, 0.1) is 5.56 Å². The van der Waals surface area contributed by atoms with Gasteiger partial charge in [-0.1, -0.05) is 33.8 Å². The van der Waals surface area contributed by atoms with Crippen molar-refractivity contribution in [1.82, 2.24) is 9.97 Å². The van der Waals surface area contributed by atoms with Gasteiger partial charge >= 0.3 is 0 Å². The normalized spacial score (nSPS) is 30.0. The van der Waals surface area contributed by atoms with Gasteiger partial charge in [-0.25, -0.2) is 18.4 Å². The Morgan fingerprint density at radius 3 is 2.51 bits per heavy atom. The molecule has 3 fully saturated rings. The van der Waals surface area contributed by atoms with Crippen LogP contribution in [0.5, 0.6) is 5.88 Å². The third-order valence-electron chi connectivity index (χ3n) is 9.73. The van der Waals surface area contributed by atoms with Gasteiger partial charge in [0, 0.05) is 29.8 Å². The van der Waals surface area contributed by atoms with Crippen LogP contribution in [0.15, 0.2) is 41.6 Å². The average molecular weight is 526 g/mol. The summed E-state index contributed by atoms with van der Waals surface area (Å²) in [5, 5.41) is -0.133. The first kappa shape index (κ1) is 26.1. The summed E-state index contributed by atoms with van der Waals surface area (Å²) < 4.78 is 33.0. The number of pyridine rings is 2. The molecular weight excluding hydrogens is 486 g/mol. The van der Waals surface area contributed by atoms with E-state index in [9.17, 15) is 13.2 Å². The molecule has 200 valence electrons. The van der Waals surface area contributed by atoms with Crippen molar-refractivity contribution in [2.75, 3.05) is 17.2 Å². The second-order valence-corrected chi connectivity index (χ2v) is 14.8. The van der Waals surface area contributed by atoms with Gasteiger partial charge in [0.15, 0.2) is 10.8 Å². The SMILES string of the molecule is CC1CN(c2ncccc2C(=O)CS(=O)(=O)c2cccc(OC3CC4CCC3(C)C4(C)C)n2)C(C)(C)C1. The van der Waals surface area contributed by atoms with Gasteiger partial charge in [-0.3, -0.25) is 4.79 Å². The molecule has 4 unspecified atom stereocenters. The lowest BCUT2D eigenvalue weighted by Gasteiger charge is -2.38. The van der Waals surface area contributed by atoms with Gasteiger partial charge in [-0.2, -0.15) is 0 Å². The molecule has 8 heteroatoms. The molecule has 0 amide bonds. The summed E-state index contributed by atoms with van der Waals surface area (Å²) in [5.41, 5.74) is 0.371. The van der Waals surface area contributed by atoms with Gasteiger partial charge in [-0.15, -0.1) is 0 Å². The first-order chi connectivity index (χ1) is 17.2. The summed E-state index contributed by atoms with van der Waals surface area (Å²) in [6.45, 7) is 14.1. The molecule has 3 heterocycles. The summed E-state index contributed by atoms with van der Waals surface area (Å²) in [7, 11) is -3.98. The Bertz CT molecular complexity index is 1320. The monoisotopic (exact) mass is 525 g/mol. The lowest BCUT2D eigenvalue weighted by Crippen LogP contribution is -2.40. The zero-order valence-electron chi connectivity index (χ0n) is 22.8. The predicted molar refractivity (Wildman–Crippen MR) is 144 cm³/mol. The Labute approximate surface area is 221 Å². The number of carbonyl (C=O) groups is 1. The Morgan fingerprint density at radius 2 is 1.89 bits per heavy atom. The number of fused-ring (bicyclic) bond motifs is 2. The minimum absolute atomic E-state index is 0.00232. The van der Waals surface area contributed by atoms with Gasteiger partial charge in [-0.05, 0) is 75.0 Å². The number of hydrogen-bond donors (Lipinski definition) is 0. The zero-order chi connectivity index (χ0) is 26.8. The molecule has 37 heavy (non-hydrogen) atoms. The molecular formula is C29H39N3O4S. The van der Waals surface area contributed by atoms with Crippen molar-refractivity contribution in [3.05, 3.63) is 42.1 Å². The van der Waals surface area contributed by atoms with Crippen LogP contribution in [0, 0.1) is 22.7 Å². The van der Waals surface area contributed by atoms with E-state index in [2.05, 4.69) is 56.4 Å². The van der Waals surface area contributed by atoms with Crippen molar-refractivity contribution in [1.29, 1.82) is 0 Å². The highest BCUT2D eigenvalue weighted by molar-refractivity contribution is 7.92. The minimum Gasteiger partial charge on any atom is -0.474 e. The first-order valence-electron chi connectivity index (χ1n) is 13.4. The largest absolute Gasteiger partial charge is 0.474 e. The molecule has 0 spiro atoms. The molecule has 1 saturated heterocycles. The number of hydrogen-bond acceptors (Lipinski definition) is 7. The number of aromatic nitrogens is 2. The van der Waals surface area contributed by atoms with Crippen molar-refractivity contribution in [2.45, 2.75) is 83.9 Å². The van der Waals surface area contributed by atoms with Crippen LogP contribution in [0.1, 0.15) is 77.6 Å². The number of ether oxygens (including phenoxy) is 1. The molecule has 3 aliphatic rings. The lowest BCUT2D eigenvalue weighted by atomic mass is 9.70. The van der Waals surface area contributed by atoms with E-state index in [1.165, 1.54) is 12.5 Å². The second kappa shape index (κ2) is 8.79. The number of Topliss-reactive ketones (excluding diaryl/α,β-unsaturated/α-hetero) is 1. The molecule has 0 aromatic carbocycles. The maximum Gasteiger partial charge on any atom is 0.214 e. The van der Waals surface area contributed by atoms with Crippen LogP contribution in [0.3, 0.4) is 0 Å². The minimum atomic E-state index is -3.98. The van der Waals surface area contributed by atoms with Crippen molar-refractivity contribution in [3.8, 4) is 5.88 Å². The van der Waals surface area contributed by atoms with Crippen LogP contribution >= 0.6 is 0 Å². The maximum absolute atomic E-state index is 13.4. The topological polar surface area (TPSA) is 89.5 Å². The molecule has 2 aromatic heterocycles. The zero-order valence-corrected chi connectivity index (χ0v) is 23.6. The summed E-state index contributed by atoms with van der Waals surface area (Å²) in [5.74, 6) is 0.770. The number of carbonyl (C=O) groups excluding carboxylic acids is 1. The predicted octanol–water partition coefficient (Wildman–Crippen LogP) is 5.35. The number of sulfone groups is 1. The van der Waals surface area contributed by atoms with Crippen LogP contribution in [0.4, 0.5) is 5.82 Å². The smallest absolute Gasteiger partial charge is 0.214 e. The van der Waals surface area contributed by atoms with Gasteiger partial charge in [0.2, 0.25) is 15.7 Å². The highest BCUT2D eigenvalue weighted by atomic mass is 32.2. The molecule has 7 nitrogen and oxygen atoms in total. The van der Waals surface area contributed by atoms with E-state index in [1.807, 2.05) is 0 Å². The van der Waals surface area contributed by atoms with Crippen molar-refractivity contribution < 1.29 is 17.9 Å². The summed E-state index contributed by atoms with van der Waals surface area (Å²) in [4.78, 5) is 24.3. The van der Waals surface area contributed by atoms with E-state index in [0.717, 1.165) is 25.8 Å². The van der Waals surface area contributed by atoms with E-state index in [1.54, 1.807) is 30.5 Å². The number of anilines is 1. The molecule has 2 bridgehead atoms. The third kappa shape index (κ3) is 4.35. The van der Waals surface area contributed by atoms with E-state index in [4.69, 9.17) is 4.74 Å². The highest BCUT2D eigenvalue weighted by Crippen LogP contribution is 2.66. The third-order valence-corrected chi connectivity index (χ3v) is 11.2. The van der Waals surface area contributed by atoms with E-state index >= 15 is 0 Å². The van der Waals surface area contributed by atoms with Crippen LogP contribution in [-0.2, 0) is 9.84 Å². The van der Waals surface area contributed by atoms with E-state index < -0.39 is 21.4 Å². The fraction of sp³-hybridized carbons (Fsp3) is 0.621. The molecule has 2 aliphatic carbocycles. The van der Waals surface area contributed by atoms with Crippen LogP contribution in [-0.4, -0.2) is 48.1 Å². The molecule has 0 N–H and O–H groups in total. The van der Waals surface area contributed by atoms with E-state index in [0.29, 0.717) is 29.1 Å².